The van der Waals surface area contributed by atoms with Gasteiger partial charge in [-0.25, -0.2) is 0 Å². The molecule has 1 nitrogen and oxygen atoms in total. The third-order valence-corrected chi connectivity index (χ3v) is 2.61. The van der Waals surface area contributed by atoms with E-state index in [4.69, 9.17) is 0 Å². The lowest BCUT2D eigenvalue weighted by molar-refractivity contribution is 0.467. The fraction of sp³-hybridized carbons (Fsp3) is 0.125. The molecule has 2 aromatic rings. The molecule has 0 aliphatic heterocycles. The van der Waals surface area contributed by atoms with Crippen molar-refractivity contribution in [1.29, 1.82) is 0 Å². The molecule has 0 heterocycles. The first-order chi connectivity index (χ1) is 8.27. The van der Waals surface area contributed by atoms with Crippen LogP contribution in [0.25, 0.3) is 0 Å². The topological polar surface area (TPSA) is 20.2 Å². The molecule has 0 aliphatic rings. The van der Waals surface area contributed by atoms with Gasteiger partial charge in [-0.1, -0.05) is 48.2 Å². The van der Waals surface area contributed by atoms with E-state index in [2.05, 4.69) is 11.8 Å². The Morgan fingerprint density at radius 2 is 1.59 bits per heavy atom. The molecule has 0 aliphatic carbocycles. The van der Waals surface area contributed by atoms with Crippen molar-refractivity contribution in [1.82, 2.24) is 0 Å². The summed E-state index contributed by atoms with van der Waals surface area (Å²) < 4.78 is 0. The Morgan fingerprint density at radius 1 is 0.941 bits per heavy atom. The highest BCUT2D eigenvalue weighted by Crippen LogP contribution is 2.24. The Kier molecular flexibility index (Phi) is 3.47. The molecule has 0 fully saturated rings. The summed E-state index contributed by atoms with van der Waals surface area (Å²) in [7, 11) is 0. The van der Waals surface area contributed by atoms with E-state index in [0.29, 0.717) is 5.75 Å². The van der Waals surface area contributed by atoms with Crippen LogP contribution in [0.5, 0.6) is 5.75 Å². The third kappa shape index (κ3) is 2.89. The first kappa shape index (κ1) is 11.3. The smallest absolute Gasteiger partial charge is 0.120 e. The second-order valence-electron chi connectivity index (χ2n) is 3.92. The lowest BCUT2D eigenvalue weighted by Crippen LogP contribution is -1.90. The van der Waals surface area contributed by atoms with Crippen molar-refractivity contribution in [3.8, 4) is 17.6 Å². The van der Waals surface area contributed by atoms with Gasteiger partial charge in [-0.2, -0.15) is 0 Å². The van der Waals surface area contributed by atoms with Gasteiger partial charge in [0, 0.05) is 17.0 Å². The van der Waals surface area contributed by atoms with Crippen molar-refractivity contribution in [3.05, 3.63) is 65.7 Å². The van der Waals surface area contributed by atoms with E-state index in [9.17, 15) is 5.11 Å². The Hall–Kier alpha value is -2.20. The molecule has 0 saturated carbocycles. The number of para-hydroxylation sites is 1. The maximum absolute atomic E-state index is 9.71. The largest absolute Gasteiger partial charge is 0.508 e. The maximum Gasteiger partial charge on any atom is 0.120 e. The van der Waals surface area contributed by atoms with Crippen LogP contribution in [0, 0.1) is 11.8 Å². The minimum absolute atomic E-state index is 0.0245. The molecule has 1 heteroatoms. The van der Waals surface area contributed by atoms with E-state index in [1.165, 1.54) is 0 Å². The van der Waals surface area contributed by atoms with Crippen LogP contribution >= 0.6 is 0 Å². The van der Waals surface area contributed by atoms with Gasteiger partial charge in [0.25, 0.3) is 0 Å². The number of hydrogen-bond donors (Lipinski definition) is 1. The second-order valence-corrected chi connectivity index (χ2v) is 3.92. The van der Waals surface area contributed by atoms with Crippen LogP contribution in [-0.4, -0.2) is 5.11 Å². The second kappa shape index (κ2) is 5.23. The van der Waals surface area contributed by atoms with E-state index in [-0.39, 0.29) is 5.92 Å². The van der Waals surface area contributed by atoms with Crippen molar-refractivity contribution < 1.29 is 5.11 Å². The summed E-state index contributed by atoms with van der Waals surface area (Å²) in [5, 5.41) is 9.71. The number of phenols is 1. The SMILES string of the molecule is CC(C#Cc1ccccc1)c1ccccc1O. The zero-order chi connectivity index (χ0) is 12.1. The van der Waals surface area contributed by atoms with Crippen molar-refractivity contribution in [2.45, 2.75) is 12.8 Å². The van der Waals surface area contributed by atoms with Crippen LogP contribution in [-0.2, 0) is 0 Å². The first-order valence-corrected chi connectivity index (χ1v) is 5.62. The van der Waals surface area contributed by atoms with Crippen LogP contribution in [0.2, 0.25) is 0 Å². The van der Waals surface area contributed by atoms with Gasteiger partial charge in [-0.3, -0.25) is 0 Å². The molecule has 0 aromatic heterocycles. The summed E-state index contributed by atoms with van der Waals surface area (Å²) in [6.45, 7) is 1.99. The Balaban J connectivity index is 2.21. The summed E-state index contributed by atoms with van der Waals surface area (Å²) in [5.41, 5.74) is 1.87. The monoisotopic (exact) mass is 222 g/mol. The Bertz CT molecular complexity index is 546. The van der Waals surface area contributed by atoms with E-state index in [1.807, 2.05) is 55.5 Å². The minimum Gasteiger partial charge on any atom is -0.508 e. The number of hydrogen-bond acceptors (Lipinski definition) is 1. The Morgan fingerprint density at radius 3 is 2.29 bits per heavy atom. The average Bonchev–Trinajstić information content (AvgIpc) is 2.38. The van der Waals surface area contributed by atoms with E-state index >= 15 is 0 Å². The number of aromatic hydroxyl groups is 1. The van der Waals surface area contributed by atoms with E-state index in [1.54, 1.807) is 6.07 Å². The van der Waals surface area contributed by atoms with Gasteiger partial charge < -0.3 is 5.11 Å². The molecular formula is C16H14O. The molecule has 2 aromatic carbocycles. The number of rotatable bonds is 1. The van der Waals surface area contributed by atoms with Crippen LogP contribution < -0.4 is 0 Å². The van der Waals surface area contributed by atoms with Crippen LogP contribution in [0.3, 0.4) is 0 Å². The van der Waals surface area contributed by atoms with Gasteiger partial charge in [-0.15, -0.1) is 0 Å². The normalized spacial score (nSPS) is 11.4. The number of benzene rings is 2. The summed E-state index contributed by atoms with van der Waals surface area (Å²) in [6, 6.07) is 17.2. The molecule has 17 heavy (non-hydrogen) atoms. The highest BCUT2D eigenvalue weighted by atomic mass is 16.3. The fourth-order valence-corrected chi connectivity index (χ4v) is 1.64. The summed E-state index contributed by atoms with van der Waals surface area (Å²) in [5.74, 6) is 6.59. The van der Waals surface area contributed by atoms with Crippen molar-refractivity contribution >= 4 is 0 Å². The van der Waals surface area contributed by atoms with Crippen LogP contribution in [0.4, 0.5) is 0 Å². The van der Waals surface area contributed by atoms with Gasteiger partial charge >= 0.3 is 0 Å². The number of phenolic OH excluding ortho intramolecular Hbond substituents is 1. The minimum atomic E-state index is 0.0245. The van der Waals surface area contributed by atoms with Gasteiger partial charge in [0.2, 0.25) is 0 Å². The lowest BCUT2D eigenvalue weighted by atomic mass is 10.0. The average molecular weight is 222 g/mol. The van der Waals surface area contributed by atoms with Crippen LogP contribution in [0.15, 0.2) is 54.6 Å². The molecule has 1 unspecified atom stereocenters. The maximum atomic E-state index is 9.71. The lowest BCUT2D eigenvalue weighted by Gasteiger charge is -2.06. The van der Waals surface area contributed by atoms with Gasteiger partial charge in [-0.05, 0) is 25.1 Å². The molecule has 84 valence electrons. The van der Waals surface area contributed by atoms with E-state index < -0.39 is 0 Å². The van der Waals surface area contributed by atoms with Crippen molar-refractivity contribution in [2.75, 3.05) is 0 Å². The van der Waals surface area contributed by atoms with Crippen molar-refractivity contribution in [3.63, 3.8) is 0 Å². The fourth-order valence-electron chi connectivity index (χ4n) is 1.64. The van der Waals surface area contributed by atoms with Crippen LogP contribution in [0.1, 0.15) is 24.0 Å². The highest BCUT2D eigenvalue weighted by molar-refractivity contribution is 5.42. The molecule has 2 rings (SSSR count). The third-order valence-electron chi connectivity index (χ3n) is 2.61. The summed E-state index contributed by atoms with van der Waals surface area (Å²) >= 11 is 0. The quantitative estimate of drug-likeness (QED) is 0.732. The molecule has 0 saturated heterocycles. The zero-order valence-corrected chi connectivity index (χ0v) is 9.72. The summed E-state index contributed by atoms with van der Waals surface area (Å²) in [4.78, 5) is 0. The van der Waals surface area contributed by atoms with Gasteiger partial charge in [0.1, 0.15) is 5.75 Å². The van der Waals surface area contributed by atoms with Crippen molar-refractivity contribution in [2.24, 2.45) is 0 Å². The zero-order valence-electron chi connectivity index (χ0n) is 9.72. The molecule has 0 spiro atoms. The molecule has 1 N–H and O–H groups in total. The van der Waals surface area contributed by atoms with E-state index in [0.717, 1.165) is 11.1 Å². The predicted octanol–water partition coefficient (Wildman–Crippen LogP) is 3.55. The molecule has 0 bridgehead atoms. The Labute approximate surface area is 102 Å². The standard InChI is InChI=1S/C16H14O/c1-13(15-9-5-6-10-16(15)17)11-12-14-7-3-2-4-8-14/h2-10,13,17H,1H3. The summed E-state index contributed by atoms with van der Waals surface area (Å²) in [6.07, 6.45) is 0. The van der Waals surface area contributed by atoms with Gasteiger partial charge in [0.15, 0.2) is 0 Å². The predicted molar refractivity (Wildman–Crippen MR) is 69.8 cm³/mol. The highest BCUT2D eigenvalue weighted by Gasteiger charge is 2.05. The molecular weight excluding hydrogens is 208 g/mol. The van der Waals surface area contributed by atoms with Gasteiger partial charge in [0.05, 0.1) is 0 Å². The first-order valence-electron chi connectivity index (χ1n) is 5.62. The molecule has 1 atom stereocenters. The molecule has 0 radical (unpaired) electrons. The molecule has 0 amide bonds.